The average Bonchev–Trinajstić information content (AvgIpc) is 3.44. The first-order chi connectivity index (χ1) is 14.0. The maximum Gasteiger partial charge on any atom is 0.258 e. The number of carbonyl (C=O) groups is 1. The van der Waals surface area contributed by atoms with Crippen LogP contribution in [0, 0.1) is 20.8 Å². The van der Waals surface area contributed by atoms with Gasteiger partial charge in [-0.05, 0) is 49.4 Å². The number of hydrogen-bond acceptors (Lipinski definition) is 5. The summed E-state index contributed by atoms with van der Waals surface area (Å²) in [4.78, 5) is 13.5. The van der Waals surface area contributed by atoms with Crippen LogP contribution in [-0.2, 0) is 17.9 Å². The molecule has 29 heavy (non-hydrogen) atoms. The van der Waals surface area contributed by atoms with Crippen LogP contribution in [0.5, 0.6) is 0 Å². The third-order valence-corrected chi connectivity index (χ3v) is 5.86. The lowest BCUT2D eigenvalue weighted by Gasteiger charge is -2.11. The highest BCUT2D eigenvalue weighted by Crippen LogP contribution is 2.30. The van der Waals surface area contributed by atoms with E-state index in [0.717, 1.165) is 27.4 Å². The van der Waals surface area contributed by atoms with Crippen LogP contribution in [0.1, 0.15) is 22.5 Å². The van der Waals surface area contributed by atoms with Crippen LogP contribution in [0.2, 0.25) is 0 Å². The highest BCUT2D eigenvalue weighted by Gasteiger charge is 2.18. The van der Waals surface area contributed by atoms with Crippen LogP contribution < -0.4 is 5.32 Å². The Morgan fingerprint density at radius 3 is 2.66 bits per heavy atom. The van der Waals surface area contributed by atoms with Crippen molar-refractivity contribution in [1.82, 2.24) is 20.1 Å². The Kier molecular flexibility index (Phi) is 5.31. The fourth-order valence-corrected chi connectivity index (χ4v) is 3.94. The molecule has 1 amide bonds. The van der Waals surface area contributed by atoms with Crippen molar-refractivity contribution in [1.29, 1.82) is 0 Å². The van der Waals surface area contributed by atoms with E-state index in [1.54, 1.807) is 11.3 Å². The second-order valence-electron chi connectivity index (χ2n) is 6.96. The normalized spacial score (nSPS) is 11.0. The molecule has 0 unspecified atom stereocenters. The zero-order valence-corrected chi connectivity index (χ0v) is 17.4. The molecule has 0 spiro atoms. The first-order valence-corrected chi connectivity index (χ1v) is 10.3. The molecule has 0 aliphatic heterocycles. The summed E-state index contributed by atoms with van der Waals surface area (Å²) in [5.41, 5.74) is 5.04. The summed E-state index contributed by atoms with van der Waals surface area (Å²) < 4.78 is 7.83. The zero-order valence-electron chi connectivity index (χ0n) is 16.6. The Morgan fingerprint density at radius 1 is 1.10 bits per heavy atom. The van der Waals surface area contributed by atoms with Crippen molar-refractivity contribution in [3.8, 4) is 22.2 Å². The Hall–Kier alpha value is -3.19. The van der Waals surface area contributed by atoms with E-state index in [2.05, 4.69) is 15.5 Å². The lowest BCUT2D eigenvalue weighted by Crippen LogP contribution is -2.28. The lowest BCUT2D eigenvalue weighted by molar-refractivity contribution is -0.121. The Bertz CT molecular complexity index is 1140. The SMILES string of the molecule is Cc1ccccc1CNC(=O)Cn1c(C)cc(-c2nnc(-c3cccs3)o2)c1C. The molecule has 1 aromatic carbocycles. The van der Waals surface area contributed by atoms with Crippen molar-refractivity contribution in [3.05, 3.63) is 70.4 Å². The number of thiophene rings is 1. The molecule has 7 heteroatoms. The zero-order chi connectivity index (χ0) is 20.4. The number of nitrogens with one attached hydrogen (secondary N) is 1. The van der Waals surface area contributed by atoms with Crippen LogP contribution in [-0.4, -0.2) is 20.7 Å². The molecule has 4 aromatic rings. The number of carbonyl (C=O) groups excluding carboxylic acids is 1. The smallest absolute Gasteiger partial charge is 0.258 e. The van der Waals surface area contributed by atoms with Gasteiger partial charge in [0.15, 0.2) is 0 Å². The van der Waals surface area contributed by atoms with Crippen LogP contribution >= 0.6 is 11.3 Å². The van der Waals surface area contributed by atoms with E-state index in [-0.39, 0.29) is 12.5 Å². The van der Waals surface area contributed by atoms with Crippen molar-refractivity contribution in [2.24, 2.45) is 0 Å². The topological polar surface area (TPSA) is 73.0 Å². The lowest BCUT2D eigenvalue weighted by atomic mass is 10.1. The first-order valence-electron chi connectivity index (χ1n) is 9.38. The van der Waals surface area contributed by atoms with Crippen LogP contribution in [0.25, 0.3) is 22.2 Å². The second kappa shape index (κ2) is 8.05. The van der Waals surface area contributed by atoms with Gasteiger partial charge in [0, 0.05) is 17.9 Å². The molecule has 3 aromatic heterocycles. The van der Waals surface area contributed by atoms with E-state index in [4.69, 9.17) is 4.42 Å². The summed E-state index contributed by atoms with van der Waals surface area (Å²) in [6.07, 6.45) is 0. The Labute approximate surface area is 173 Å². The van der Waals surface area contributed by atoms with Gasteiger partial charge in [0.2, 0.25) is 11.8 Å². The molecular formula is C22H22N4O2S. The summed E-state index contributed by atoms with van der Waals surface area (Å²) in [7, 11) is 0. The molecular weight excluding hydrogens is 384 g/mol. The van der Waals surface area contributed by atoms with Gasteiger partial charge in [0.25, 0.3) is 5.89 Å². The molecule has 3 heterocycles. The minimum atomic E-state index is -0.0357. The average molecular weight is 407 g/mol. The first kappa shape index (κ1) is 19.1. The maximum absolute atomic E-state index is 12.5. The van der Waals surface area contributed by atoms with Crippen molar-refractivity contribution >= 4 is 17.2 Å². The van der Waals surface area contributed by atoms with Crippen LogP contribution in [0.15, 0.2) is 52.3 Å². The summed E-state index contributed by atoms with van der Waals surface area (Å²) in [6, 6.07) is 13.9. The van der Waals surface area contributed by atoms with Crippen molar-refractivity contribution < 1.29 is 9.21 Å². The monoisotopic (exact) mass is 406 g/mol. The van der Waals surface area contributed by atoms with Crippen molar-refractivity contribution in [2.45, 2.75) is 33.9 Å². The van der Waals surface area contributed by atoms with Gasteiger partial charge < -0.3 is 14.3 Å². The summed E-state index contributed by atoms with van der Waals surface area (Å²) in [6.45, 7) is 6.75. The predicted octanol–water partition coefficient (Wildman–Crippen LogP) is 4.51. The minimum absolute atomic E-state index is 0.0357. The number of rotatable bonds is 6. The molecule has 0 aliphatic carbocycles. The third kappa shape index (κ3) is 4.00. The summed E-state index contributed by atoms with van der Waals surface area (Å²) in [5, 5.41) is 13.3. The van der Waals surface area contributed by atoms with Gasteiger partial charge in [0.05, 0.1) is 10.4 Å². The number of hydrogen-bond donors (Lipinski definition) is 1. The predicted molar refractivity (Wildman–Crippen MR) is 114 cm³/mol. The molecule has 0 bridgehead atoms. The fraction of sp³-hybridized carbons (Fsp3) is 0.227. The van der Waals surface area contributed by atoms with E-state index in [0.29, 0.717) is 18.3 Å². The fourth-order valence-electron chi connectivity index (χ4n) is 3.29. The van der Waals surface area contributed by atoms with Gasteiger partial charge in [-0.3, -0.25) is 4.79 Å². The van der Waals surface area contributed by atoms with E-state index in [9.17, 15) is 4.79 Å². The standard InChI is InChI=1S/C22H22N4O2S/c1-14-7-4-5-8-17(14)12-23-20(27)13-26-15(2)11-18(16(26)3)21-24-25-22(28-21)19-9-6-10-29-19/h4-11H,12-13H2,1-3H3,(H,23,27). The molecule has 0 radical (unpaired) electrons. The van der Waals surface area contributed by atoms with E-state index in [1.807, 2.05) is 73.2 Å². The summed E-state index contributed by atoms with van der Waals surface area (Å²) in [5.74, 6) is 0.940. The minimum Gasteiger partial charge on any atom is -0.415 e. The molecule has 148 valence electrons. The highest BCUT2D eigenvalue weighted by molar-refractivity contribution is 7.13. The van der Waals surface area contributed by atoms with Gasteiger partial charge in [-0.1, -0.05) is 30.3 Å². The number of amides is 1. The van der Waals surface area contributed by atoms with Gasteiger partial charge in [-0.15, -0.1) is 21.5 Å². The molecule has 0 saturated heterocycles. The van der Waals surface area contributed by atoms with E-state index < -0.39 is 0 Å². The van der Waals surface area contributed by atoms with Crippen LogP contribution in [0.4, 0.5) is 0 Å². The molecule has 0 atom stereocenters. The molecule has 6 nitrogen and oxygen atoms in total. The molecule has 4 rings (SSSR count). The Morgan fingerprint density at radius 2 is 1.90 bits per heavy atom. The largest absolute Gasteiger partial charge is 0.415 e. The molecule has 0 saturated carbocycles. The summed E-state index contributed by atoms with van der Waals surface area (Å²) >= 11 is 1.56. The number of nitrogens with zero attached hydrogens (tertiary/aromatic N) is 3. The molecule has 0 fully saturated rings. The van der Waals surface area contributed by atoms with Crippen molar-refractivity contribution in [2.75, 3.05) is 0 Å². The quantitative estimate of drug-likeness (QED) is 0.511. The van der Waals surface area contributed by atoms with Gasteiger partial charge in [-0.25, -0.2) is 0 Å². The Balaban J connectivity index is 1.49. The third-order valence-electron chi connectivity index (χ3n) is 5.00. The number of aryl methyl sites for hydroxylation is 2. The number of benzene rings is 1. The molecule has 0 aliphatic rings. The molecule has 1 N–H and O–H groups in total. The van der Waals surface area contributed by atoms with Gasteiger partial charge in [-0.2, -0.15) is 0 Å². The van der Waals surface area contributed by atoms with Crippen LogP contribution in [0.3, 0.4) is 0 Å². The van der Waals surface area contributed by atoms with Gasteiger partial charge >= 0.3 is 0 Å². The maximum atomic E-state index is 12.5. The van der Waals surface area contributed by atoms with Gasteiger partial charge in [0.1, 0.15) is 6.54 Å². The van der Waals surface area contributed by atoms with Crippen molar-refractivity contribution in [3.63, 3.8) is 0 Å². The highest BCUT2D eigenvalue weighted by atomic mass is 32.1. The van der Waals surface area contributed by atoms with E-state index in [1.165, 1.54) is 5.56 Å². The number of aromatic nitrogens is 3. The van der Waals surface area contributed by atoms with E-state index >= 15 is 0 Å². The second-order valence-corrected chi connectivity index (χ2v) is 7.91.